The molecular formula is C27H29N3O7S. The smallest absolute Gasteiger partial charge is 0.296 e. The molecule has 0 radical (unpaired) electrons. The van der Waals surface area contributed by atoms with Gasteiger partial charge in [-0.25, -0.2) is 12.7 Å². The van der Waals surface area contributed by atoms with Crippen LogP contribution in [0.25, 0.3) is 5.76 Å². The fourth-order valence-corrected chi connectivity index (χ4v) is 5.95. The molecule has 2 aromatic rings. The number of rotatable bonds is 9. The third-order valence-corrected chi connectivity index (χ3v) is 8.55. The molecular weight excluding hydrogens is 510 g/mol. The minimum absolute atomic E-state index is 0.00620. The second kappa shape index (κ2) is 10.2. The summed E-state index contributed by atoms with van der Waals surface area (Å²) in [7, 11) is 0.368. The Morgan fingerprint density at radius 3 is 2.50 bits per heavy atom. The van der Waals surface area contributed by atoms with Gasteiger partial charge in [0.15, 0.2) is 5.54 Å². The predicted octanol–water partition coefficient (Wildman–Crippen LogP) is 2.08. The highest BCUT2D eigenvalue weighted by atomic mass is 32.2. The van der Waals surface area contributed by atoms with Crippen molar-refractivity contribution in [1.82, 2.24) is 9.21 Å². The van der Waals surface area contributed by atoms with Gasteiger partial charge in [0.2, 0.25) is 10.0 Å². The topological polar surface area (TPSA) is 125 Å². The van der Waals surface area contributed by atoms with Crippen LogP contribution >= 0.6 is 0 Å². The first-order valence-electron chi connectivity index (χ1n) is 11.9. The third kappa shape index (κ3) is 3.94. The number of ketones is 1. The lowest BCUT2D eigenvalue weighted by molar-refractivity contribution is -0.143. The Bertz CT molecular complexity index is 1460. The Balaban J connectivity index is 2.03. The molecule has 2 aliphatic heterocycles. The number of likely N-dealkylation sites (tertiary alicyclic amines) is 1. The summed E-state index contributed by atoms with van der Waals surface area (Å²) in [5.74, 6) is -3.21. The van der Waals surface area contributed by atoms with E-state index in [1.165, 1.54) is 61.3 Å². The van der Waals surface area contributed by atoms with E-state index < -0.39 is 44.5 Å². The molecule has 1 fully saturated rings. The lowest BCUT2D eigenvalue weighted by Gasteiger charge is -2.34. The summed E-state index contributed by atoms with van der Waals surface area (Å²) in [5, 5.41) is 11.6. The van der Waals surface area contributed by atoms with Crippen LogP contribution in [0.2, 0.25) is 0 Å². The van der Waals surface area contributed by atoms with Gasteiger partial charge in [0.05, 0.1) is 16.2 Å². The van der Waals surface area contributed by atoms with Crippen LogP contribution in [0, 0.1) is 0 Å². The van der Waals surface area contributed by atoms with Gasteiger partial charge in [0.1, 0.15) is 5.76 Å². The van der Waals surface area contributed by atoms with Crippen LogP contribution in [0.5, 0.6) is 0 Å². The number of Topliss-reactive ketones (excluding diaryl/α,β-unsaturated/α-hetero) is 1. The summed E-state index contributed by atoms with van der Waals surface area (Å²) in [6, 6.07) is 12.2. The van der Waals surface area contributed by atoms with Gasteiger partial charge >= 0.3 is 0 Å². The molecule has 4 rings (SSSR count). The molecule has 10 nitrogen and oxygen atoms in total. The second-order valence-corrected chi connectivity index (χ2v) is 11.3. The van der Waals surface area contributed by atoms with Gasteiger partial charge in [0.25, 0.3) is 17.6 Å². The Hall–Kier alpha value is -3.80. The lowest BCUT2D eigenvalue weighted by atomic mass is 9.82. The summed E-state index contributed by atoms with van der Waals surface area (Å²) in [6.45, 7) is 4.11. The van der Waals surface area contributed by atoms with Gasteiger partial charge in [0, 0.05) is 52.0 Å². The van der Waals surface area contributed by atoms with Gasteiger partial charge in [-0.3, -0.25) is 14.4 Å². The number of benzene rings is 2. The Morgan fingerprint density at radius 2 is 1.84 bits per heavy atom. The molecule has 0 aromatic heterocycles. The number of aliphatic hydroxyl groups excluding tert-OH is 1. The molecule has 1 saturated heterocycles. The minimum Gasteiger partial charge on any atom is -0.507 e. The SMILES string of the molecule is C=CCN1C(=O)C2(/C(=C(/O)c3cccc(S(=O)(=O)N(C)C)c3)C(=O)C(=O)N2CCCOC)c2ccccc21. The van der Waals surface area contributed by atoms with Gasteiger partial charge in [-0.15, -0.1) is 6.58 Å². The van der Waals surface area contributed by atoms with E-state index in [-0.39, 0.29) is 30.2 Å². The molecule has 1 unspecified atom stereocenters. The van der Waals surface area contributed by atoms with E-state index in [1.807, 2.05) is 0 Å². The number of ether oxygens (including phenoxy) is 1. The molecule has 1 atom stereocenters. The number of hydrogen-bond acceptors (Lipinski definition) is 7. The number of methoxy groups -OCH3 is 1. The average molecular weight is 540 g/mol. The summed E-state index contributed by atoms with van der Waals surface area (Å²) >= 11 is 0. The largest absolute Gasteiger partial charge is 0.507 e. The minimum atomic E-state index is -3.87. The fraction of sp³-hybridized carbons (Fsp3) is 0.296. The van der Waals surface area contributed by atoms with Gasteiger partial charge in [-0.2, -0.15) is 0 Å². The number of para-hydroxylation sites is 1. The molecule has 0 aliphatic carbocycles. The number of aliphatic hydroxyl groups is 1. The highest BCUT2D eigenvalue weighted by Crippen LogP contribution is 2.53. The molecule has 0 bridgehead atoms. The Kier molecular flexibility index (Phi) is 7.29. The molecule has 1 N–H and O–H groups in total. The molecule has 200 valence electrons. The highest BCUT2D eigenvalue weighted by molar-refractivity contribution is 7.89. The summed E-state index contributed by atoms with van der Waals surface area (Å²) in [4.78, 5) is 43.7. The molecule has 38 heavy (non-hydrogen) atoms. The van der Waals surface area contributed by atoms with Crippen LogP contribution in [0.3, 0.4) is 0 Å². The van der Waals surface area contributed by atoms with E-state index in [4.69, 9.17) is 4.74 Å². The van der Waals surface area contributed by atoms with E-state index in [9.17, 15) is 27.9 Å². The summed E-state index contributed by atoms with van der Waals surface area (Å²) in [6.07, 6.45) is 1.86. The van der Waals surface area contributed by atoms with Crippen LogP contribution in [0.15, 0.2) is 71.7 Å². The maximum absolute atomic E-state index is 14.2. The van der Waals surface area contributed by atoms with Crippen molar-refractivity contribution in [3.05, 3.63) is 77.9 Å². The second-order valence-electron chi connectivity index (χ2n) is 9.10. The van der Waals surface area contributed by atoms with E-state index in [1.54, 1.807) is 24.3 Å². The van der Waals surface area contributed by atoms with Crippen molar-refractivity contribution >= 4 is 39.1 Å². The number of amides is 2. The first-order chi connectivity index (χ1) is 18.0. The molecule has 1 spiro atoms. The first kappa shape index (κ1) is 27.2. The van der Waals surface area contributed by atoms with Gasteiger partial charge < -0.3 is 19.6 Å². The van der Waals surface area contributed by atoms with E-state index >= 15 is 0 Å². The van der Waals surface area contributed by atoms with Crippen molar-refractivity contribution in [3.8, 4) is 0 Å². The number of sulfonamides is 1. The van der Waals surface area contributed by atoms with Crippen LogP contribution < -0.4 is 4.90 Å². The zero-order chi connectivity index (χ0) is 27.8. The number of carbonyl (C=O) groups is 3. The van der Waals surface area contributed by atoms with Crippen molar-refractivity contribution < 1.29 is 32.6 Å². The molecule has 2 aromatic carbocycles. The van der Waals surface area contributed by atoms with Crippen molar-refractivity contribution in [2.75, 3.05) is 45.8 Å². The molecule has 0 saturated carbocycles. The van der Waals surface area contributed by atoms with E-state index in [0.717, 1.165) is 4.31 Å². The normalized spacial score (nSPS) is 20.6. The highest BCUT2D eigenvalue weighted by Gasteiger charge is 2.66. The monoisotopic (exact) mass is 539 g/mol. The van der Waals surface area contributed by atoms with Gasteiger partial charge in [-0.05, 0) is 24.6 Å². The van der Waals surface area contributed by atoms with Crippen molar-refractivity contribution in [3.63, 3.8) is 0 Å². The number of fused-ring (bicyclic) bond motifs is 2. The molecule has 2 aliphatic rings. The van der Waals surface area contributed by atoms with Crippen LogP contribution in [0.4, 0.5) is 5.69 Å². The molecule has 11 heteroatoms. The lowest BCUT2D eigenvalue weighted by Crippen LogP contribution is -2.52. The van der Waals surface area contributed by atoms with Crippen molar-refractivity contribution in [2.45, 2.75) is 16.9 Å². The maximum atomic E-state index is 14.2. The number of carbonyl (C=O) groups excluding carboxylic acids is 3. The first-order valence-corrected chi connectivity index (χ1v) is 13.3. The Labute approximate surface area is 221 Å². The number of hydrogen-bond donors (Lipinski definition) is 1. The molecule has 2 heterocycles. The van der Waals surface area contributed by atoms with Crippen LogP contribution in [-0.2, 0) is 34.7 Å². The predicted molar refractivity (Wildman–Crippen MR) is 141 cm³/mol. The number of nitrogens with zero attached hydrogens (tertiary/aromatic N) is 3. The van der Waals surface area contributed by atoms with E-state index in [0.29, 0.717) is 17.7 Å². The molecule has 2 amide bonds. The maximum Gasteiger partial charge on any atom is 0.296 e. The van der Waals surface area contributed by atoms with Crippen LogP contribution in [-0.4, -0.2) is 81.2 Å². The number of anilines is 1. The summed E-state index contributed by atoms with van der Waals surface area (Å²) < 4.78 is 31.6. The zero-order valence-corrected chi connectivity index (χ0v) is 22.2. The van der Waals surface area contributed by atoms with Crippen LogP contribution in [0.1, 0.15) is 17.5 Å². The van der Waals surface area contributed by atoms with E-state index in [2.05, 4.69) is 6.58 Å². The summed E-state index contributed by atoms with van der Waals surface area (Å²) in [5.41, 5.74) is -1.53. The van der Waals surface area contributed by atoms with Crippen molar-refractivity contribution in [1.29, 1.82) is 0 Å². The average Bonchev–Trinajstić information content (AvgIpc) is 3.27. The standard InChI is InChI=1S/C27H29N3O7S/c1-5-14-29-21-13-7-6-12-20(21)27(26(29)34)22(24(32)25(33)30(27)15-9-16-37-4)23(31)18-10-8-11-19(17-18)38(35,36)28(2)3/h5-8,10-13,17,31H,1,9,14-16H2,2-4H3/b23-22+. The quantitative estimate of drug-likeness (QED) is 0.170. The zero-order valence-electron chi connectivity index (χ0n) is 21.4. The third-order valence-electron chi connectivity index (χ3n) is 6.74. The Morgan fingerprint density at radius 1 is 1.13 bits per heavy atom. The van der Waals surface area contributed by atoms with Crippen molar-refractivity contribution in [2.24, 2.45) is 0 Å². The fourth-order valence-electron chi connectivity index (χ4n) is 5.00. The van der Waals surface area contributed by atoms with Gasteiger partial charge in [-0.1, -0.05) is 36.4 Å².